The van der Waals surface area contributed by atoms with Crippen molar-refractivity contribution in [3.05, 3.63) is 28.2 Å². The van der Waals surface area contributed by atoms with Crippen molar-refractivity contribution in [3.8, 4) is 0 Å². The second kappa shape index (κ2) is 6.56. The fourth-order valence-electron chi connectivity index (χ4n) is 2.56. The molecule has 20 heavy (non-hydrogen) atoms. The third-order valence-corrected chi connectivity index (χ3v) is 6.71. The van der Waals surface area contributed by atoms with Crippen molar-refractivity contribution < 1.29 is 13.5 Å². The van der Waals surface area contributed by atoms with Crippen LogP contribution < -0.4 is 0 Å². The smallest absolute Gasteiger partial charge is 0.244 e. The van der Waals surface area contributed by atoms with E-state index in [1.807, 2.05) is 0 Å². The van der Waals surface area contributed by atoms with Crippen LogP contribution in [0.5, 0.6) is 0 Å². The highest BCUT2D eigenvalue weighted by Gasteiger charge is 2.31. The highest BCUT2D eigenvalue weighted by atomic mass is 79.9. The Labute approximate surface area is 129 Å². The van der Waals surface area contributed by atoms with Crippen LogP contribution in [0.4, 0.5) is 0 Å². The molecule has 0 spiro atoms. The zero-order chi connectivity index (χ0) is 14.8. The van der Waals surface area contributed by atoms with Gasteiger partial charge in [0.15, 0.2) is 0 Å². The van der Waals surface area contributed by atoms with Crippen LogP contribution >= 0.6 is 15.9 Å². The van der Waals surface area contributed by atoms with Crippen molar-refractivity contribution in [1.29, 1.82) is 0 Å². The summed E-state index contributed by atoms with van der Waals surface area (Å²) in [7, 11) is -3.49. The van der Waals surface area contributed by atoms with E-state index in [1.54, 1.807) is 22.5 Å². The fraction of sp³-hybridized carbons (Fsp3) is 0.571. The first-order valence-corrected chi connectivity index (χ1v) is 9.11. The number of aliphatic hydroxyl groups excluding tert-OH is 1. The summed E-state index contributed by atoms with van der Waals surface area (Å²) in [6.45, 7) is 3.11. The van der Waals surface area contributed by atoms with Gasteiger partial charge in [-0.25, -0.2) is 8.42 Å². The summed E-state index contributed by atoms with van der Waals surface area (Å²) < 4.78 is 27.6. The van der Waals surface area contributed by atoms with Gasteiger partial charge in [0.25, 0.3) is 0 Å². The van der Waals surface area contributed by atoms with Crippen LogP contribution in [0.3, 0.4) is 0 Å². The Hall–Kier alpha value is -0.430. The molecule has 0 saturated carbocycles. The van der Waals surface area contributed by atoms with Gasteiger partial charge in [0.05, 0.1) is 11.5 Å². The Morgan fingerprint density at radius 1 is 1.45 bits per heavy atom. The highest BCUT2D eigenvalue weighted by Crippen LogP contribution is 2.30. The number of nitrogens with zero attached hydrogens (tertiary/aromatic N) is 1. The molecule has 0 amide bonds. The number of hydrogen-bond acceptors (Lipinski definition) is 3. The number of benzene rings is 1. The van der Waals surface area contributed by atoms with E-state index in [4.69, 9.17) is 0 Å². The van der Waals surface area contributed by atoms with Gasteiger partial charge in [-0.3, -0.25) is 0 Å². The number of hydrogen-bond donors (Lipinski definition) is 1. The molecule has 1 fully saturated rings. The van der Waals surface area contributed by atoms with Gasteiger partial charge in [0.1, 0.15) is 0 Å². The van der Waals surface area contributed by atoms with Crippen LogP contribution in [0, 0.1) is 5.92 Å². The molecular weight excluding hydrogens is 342 g/mol. The second-order valence-electron chi connectivity index (χ2n) is 5.20. The van der Waals surface area contributed by atoms with E-state index < -0.39 is 10.0 Å². The standard InChI is InChI=1S/C14H20BrNO3S/c1-2-11-4-3-7-16(9-11)20(18,19)14-8-12(10-17)5-6-13(14)15/h5-6,8,11,17H,2-4,7,9-10H2,1H3. The second-order valence-corrected chi connectivity index (χ2v) is 7.96. The van der Waals surface area contributed by atoms with E-state index in [2.05, 4.69) is 22.9 Å². The lowest BCUT2D eigenvalue weighted by Crippen LogP contribution is -2.39. The number of piperidine rings is 1. The lowest BCUT2D eigenvalue weighted by molar-refractivity contribution is 0.261. The third-order valence-electron chi connectivity index (χ3n) is 3.86. The third kappa shape index (κ3) is 3.24. The number of aliphatic hydroxyl groups is 1. The Morgan fingerprint density at radius 2 is 2.20 bits per heavy atom. The molecule has 1 aromatic rings. The minimum Gasteiger partial charge on any atom is -0.392 e. The van der Waals surface area contributed by atoms with Gasteiger partial charge in [-0.05, 0) is 52.4 Å². The zero-order valence-electron chi connectivity index (χ0n) is 11.5. The summed E-state index contributed by atoms with van der Waals surface area (Å²) in [5.74, 6) is 0.443. The van der Waals surface area contributed by atoms with E-state index in [1.165, 1.54) is 0 Å². The van der Waals surface area contributed by atoms with Crippen molar-refractivity contribution in [2.75, 3.05) is 13.1 Å². The molecule has 0 aromatic heterocycles. The summed E-state index contributed by atoms with van der Waals surface area (Å²) in [5.41, 5.74) is 0.607. The Balaban J connectivity index is 2.34. The quantitative estimate of drug-likeness (QED) is 0.896. The van der Waals surface area contributed by atoms with Crippen molar-refractivity contribution in [1.82, 2.24) is 4.31 Å². The molecule has 1 saturated heterocycles. The molecule has 4 nitrogen and oxygen atoms in total. The van der Waals surface area contributed by atoms with E-state index in [0.717, 1.165) is 19.3 Å². The Morgan fingerprint density at radius 3 is 2.85 bits per heavy atom. The van der Waals surface area contributed by atoms with Crippen molar-refractivity contribution in [2.24, 2.45) is 5.92 Å². The molecule has 1 atom stereocenters. The lowest BCUT2D eigenvalue weighted by Gasteiger charge is -2.31. The Bertz CT molecular complexity index is 574. The van der Waals surface area contributed by atoms with Gasteiger partial charge in [-0.15, -0.1) is 0 Å². The highest BCUT2D eigenvalue weighted by molar-refractivity contribution is 9.10. The molecule has 1 aliphatic heterocycles. The molecule has 6 heteroatoms. The topological polar surface area (TPSA) is 57.6 Å². The average Bonchev–Trinajstić information content (AvgIpc) is 2.47. The molecule has 1 aliphatic rings. The van der Waals surface area contributed by atoms with Crippen LogP contribution in [0.25, 0.3) is 0 Å². The predicted octanol–water partition coefficient (Wildman–Crippen LogP) is 2.75. The van der Waals surface area contributed by atoms with E-state index in [9.17, 15) is 13.5 Å². The molecule has 1 N–H and O–H groups in total. The Kier molecular flexibility index (Phi) is 5.23. The van der Waals surface area contributed by atoms with Gasteiger partial charge in [-0.2, -0.15) is 4.31 Å². The number of halogens is 1. The van der Waals surface area contributed by atoms with Crippen molar-refractivity contribution >= 4 is 26.0 Å². The largest absolute Gasteiger partial charge is 0.392 e. The molecule has 1 aromatic carbocycles. The zero-order valence-corrected chi connectivity index (χ0v) is 14.0. The molecule has 1 heterocycles. The lowest BCUT2D eigenvalue weighted by atomic mass is 9.97. The van der Waals surface area contributed by atoms with E-state index in [-0.39, 0.29) is 11.5 Å². The van der Waals surface area contributed by atoms with Crippen LogP contribution in [-0.4, -0.2) is 30.9 Å². The maximum absolute atomic E-state index is 12.8. The maximum atomic E-state index is 12.8. The average molecular weight is 362 g/mol. The van der Waals surface area contributed by atoms with Crippen LogP contribution in [0.15, 0.2) is 27.6 Å². The van der Waals surface area contributed by atoms with Crippen molar-refractivity contribution in [2.45, 2.75) is 37.7 Å². The van der Waals surface area contributed by atoms with E-state index in [0.29, 0.717) is 29.0 Å². The number of rotatable bonds is 4. The van der Waals surface area contributed by atoms with E-state index >= 15 is 0 Å². The molecule has 2 rings (SSSR count). The maximum Gasteiger partial charge on any atom is 0.244 e. The first-order valence-electron chi connectivity index (χ1n) is 6.88. The monoisotopic (exact) mass is 361 g/mol. The summed E-state index contributed by atoms with van der Waals surface area (Å²) >= 11 is 3.31. The minimum absolute atomic E-state index is 0.159. The summed E-state index contributed by atoms with van der Waals surface area (Å²) in [6, 6.07) is 4.95. The predicted molar refractivity (Wildman–Crippen MR) is 81.8 cm³/mol. The SMILES string of the molecule is CCC1CCCN(S(=O)(=O)c2cc(CO)ccc2Br)C1. The van der Waals surface area contributed by atoms with Crippen LogP contribution in [0.2, 0.25) is 0 Å². The normalized spacial score (nSPS) is 21.1. The van der Waals surface area contributed by atoms with Gasteiger partial charge in [0.2, 0.25) is 10.0 Å². The summed E-state index contributed by atoms with van der Waals surface area (Å²) in [4.78, 5) is 0.251. The molecular formula is C14H20BrNO3S. The van der Waals surface area contributed by atoms with Gasteiger partial charge in [0, 0.05) is 17.6 Å². The van der Waals surface area contributed by atoms with Crippen molar-refractivity contribution in [3.63, 3.8) is 0 Å². The first kappa shape index (κ1) is 15.9. The summed E-state index contributed by atoms with van der Waals surface area (Å²) in [6.07, 6.45) is 3.01. The van der Waals surface area contributed by atoms with Crippen LogP contribution in [0.1, 0.15) is 31.7 Å². The van der Waals surface area contributed by atoms with Gasteiger partial charge >= 0.3 is 0 Å². The molecule has 112 valence electrons. The number of sulfonamides is 1. The van der Waals surface area contributed by atoms with Gasteiger partial charge in [-0.1, -0.05) is 19.4 Å². The first-order chi connectivity index (χ1) is 9.48. The molecule has 0 aliphatic carbocycles. The molecule has 0 bridgehead atoms. The minimum atomic E-state index is -3.49. The fourth-order valence-corrected chi connectivity index (χ4v) is 5.09. The summed E-state index contributed by atoms with van der Waals surface area (Å²) in [5, 5.41) is 9.19. The van der Waals surface area contributed by atoms with Crippen LogP contribution in [-0.2, 0) is 16.6 Å². The molecule has 0 radical (unpaired) electrons. The molecule has 1 unspecified atom stereocenters. The van der Waals surface area contributed by atoms with Gasteiger partial charge < -0.3 is 5.11 Å².